The number of likely N-dealkylation sites (tertiary alicyclic amines) is 1. The van der Waals surface area contributed by atoms with Gasteiger partial charge < -0.3 is 15.0 Å². The van der Waals surface area contributed by atoms with Gasteiger partial charge in [0, 0.05) is 12.6 Å². The third-order valence-electron chi connectivity index (χ3n) is 8.67. The quantitative estimate of drug-likeness (QED) is 0.423. The second-order valence-corrected chi connectivity index (χ2v) is 11.8. The van der Waals surface area contributed by atoms with Gasteiger partial charge in [-0.05, 0) is 87.9 Å². The number of carbonyl (C=O) groups is 2. The summed E-state index contributed by atoms with van der Waals surface area (Å²) < 4.78 is 5.92. The van der Waals surface area contributed by atoms with Crippen molar-refractivity contribution in [3.05, 3.63) is 60.2 Å². The Balaban J connectivity index is 0.00000353. The lowest BCUT2D eigenvalue weighted by Gasteiger charge is -2.47. The number of piperidine rings is 1. The average Bonchev–Trinajstić information content (AvgIpc) is 2.93. The normalized spacial score (nSPS) is 23.4. The van der Waals surface area contributed by atoms with Gasteiger partial charge in [0.05, 0.1) is 0 Å². The maximum Gasteiger partial charge on any atom is 0.246 e. The summed E-state index contributed by atoms with van der Waals surface area (Å²) >= 11 is 0. The molecular formula is C32H44ClN3O3. The second kappa shape index (κ2) is 13.7. The standard InChI is InChI=1S/C32H43N3O3.ClH/c1-23(2)35-30(31(36)33-29(32(35)37)21-24-9-5-3-6-10-24)26-17-19-34(20-18-26)22-25-13-15-28(16-14-25)38-27-11-7-4-8-12-27;/h4,7-8,11-16,23-24,26,29-30H,3,5-6,9-10,17-22H2,1-2H3,(H,33,36);1H/t29-,30-;/m0./s1. The number of carbonyl (C=O) groups excluding carboxylic acids is 2. The Morgan fingerprint density at radius 2 is 1.51 bits per heavy atom. The van der Waals surface area contributed by atoms with E-state index in [1.807, 2.05) is 47.4 Å². The van der Waals surface area contributed by atoms with Crippen LogP contribution in [-0.2, 0) is 16.1 Å². The minimum Gasteiger partial charge on any atom is -0.457 e. The van der Waals surface area contributed by atoms with E-state index in [-0.39, 0.29) is 48.3 Å². The first kappa shape index (κ1) is 29.4. The largest absolute Gasteiger partial charge is 0.457 e. The van der Waals surface area contributed by atoms with Crippen LogP contribution in [0.1, 0.15) is 70.8 Å². The van der Waals surface area contributed by atoms with Gasteiger partial charge >= 0.3 is 0 Å². The van der Waals surface area contributed by atoms with Crippen LogP contribution in [0.5, 0.6) is 11.5 Å². The van der Waals surface area contributed by atoms with E-state index in [1.54, 1.807) is 0 Å². The number of ether oxygens (including phenoxy) is 1. The van der Waals surface area contributed by atoms with Gasteiger partial charge in [-0.2, -0.15) is 0 Å². The molecule has 0 spiro atoms. The maximum absolute atomic E-state index is 13.6. The summed E-state index contributed by atoms with van der Waals surface area (Å²) in [5, 5.41) is 3.16. The van der Waals surface area contributed by atoms with Crippen molar-refractivity contribution in [3.8, 4) is 11.5 Å². The Labute approximate surface area is 239 Å². The summed E-state index contributed by atoms with van der Waals surface area (Å²) in [5.41, 5.74) is 1.25. The topological polar surface area (TPSA) is 61.9 Å². The molecule has 2 atom stereocenters. The van der Waals surface area contributed by atoms with Crippen LogP contribution in [0.3, 0.4) is 0 Å². The van der Waals surface area contributed by atoms with Gasteiger partial charge in [0.15, 0.2) is 0 Å². The SMILES string of the molecule is CC(C)N1C(=O)[C@H](CC2CCCCC2)NC(=O)[C@@H]1C1CCN(Cc2ccc(Oc3ccccc3)cc2)CC1.Cl. The molecule has 212 valence electrons. The van der Waals surface area contributed by atoms with Crippen molar-refractivity contribution in [2.45, 2.75) is 89.9 Å². The summed E-state index contributed by atoms with van der Waals surface area (Å²) in [6.07, 6.45) is 8.83. The first-order valence-corrected chi connectivity index (χ1v) is 14.6. The Kier molecular flexibility index (Phi) is 10.3. The van der Waals surface area contributed by atoms with Crippen LogP contribution in [-0.4, -0.2) is 52.8 Å². The van der Waals surface area contributed by atoms with Gasteiger partial charge in [-0.3, -0.25) is 14.5 Å². The summed E-state index contributed by atoms with van der Waals surface area (Å²) in [5.74, 6) is 2.63. The zero-order valence-corrected chi connectivity index (χ0v) is 24.2. The molecule has 0 radical (unpaired) electrons. The number of hydrogen-bond acceptors (Lipinski definition) is 4. The molecule has 2 heterocycles. The first-order valence-electron chi connectivity index (χ1n) is 14.6. The molecule has 0 aromatic heterocycles. The molecular weight excluding hydrogens is 510 g/mol. The zero-order chi connectivity index (χ0) is 26.5. The van der Waals surface area contributed by atoms with Crippen LogP contribution in [0.15, 0.2) is 54.6 Å². The molecule has 7 heteroatoms. The van der Waals surface area contributed by atoms with Crippen molar-refractivity contribution in [1.82, 2.24) is 15.1 Å². The van der Waals surface area contributed by atoms with Crippen LogP contribution in [0.25, 0.3) is 0 Å². The molecule has 2 aromatic rings. The molecule has 0 bridgehead atoms. The molecule has 1 N–H and O–H groups in total. The predicted octanol–water partition coefficient (Wildman–Crippen LogP) is 6.19. The molecule has 0 unspecified atom stereocenters. The van der Waals surface area contributed by atoms with E-state index in [4.69, 9.17) is 4.74 Å². The van der Waals surface area contributed by atoms with Crippen molar-refractivity contribution >= 4 is 24.2 Å². The number of amides is 2. The lowest BCUT2D eigenvalue weighted by Crippen LogP contribution is -2.67. The molecule has 5 rings (SSSR count). The third kappa shape index (κ3) is 7.34. The fourth-order valence-electron chi connectivity index (χ4n) is 6.67. The molecule has 1 aliphatic carbocycles. The fraction of sp³-hybridized carbons (Fsp3) is 0.562. The highest BCUT2D eigenvalue weighted by molar-refractivity contribution is 5.97. The Hall–Kier alpha value is -2.57. The van der Waals surface area contributed by atoms with Crippen LogP contribution in [0.4, 0.5) is 0 Å². The number of piperazine rings is 1. The molecule has 2 saturated heterocycles. The molecule has 3 aliphatic rings. The van der Waals surface area contributed by atoms with Crippen LogP contribution < -0.4 is 10.1 Å². The van der Waals surface area contributed by atoms with Crippen molar-refractivity contribution in [2.75, 3.05) is 13.1 Å². The summed E-state index contributed by atoms with van der Waals surface area (Å²) in [6, 6.07) is 17.5. The second-order valence-electron chi connectivity index (χ2n) is 11.8. The molecule has 2 aromatic carbocycles. The van der Waals surface area contributed by atoms with Gasteiger partial charge in [-0.25, -0.2) is 0 Å². The highest BCUT2D eigenvalue weighted by atomic mass is 35.5. The Morgan fingerprint density at radius 1 is 0.872 bits per heavy atom. The number of nitrogens with one attached hydrogen (secondary N) is 1. The maximum atomic E-state index is 13.6. The lowest BCUT2D eigenvalue weighted by molar-refractivity contribution is -0.155. The molecule has 3 fully saturated rings. The van der Waals surface area contributed by atoms with Crippen molar-refractivity contribution < 1.29 is 14.3 Å². The number of para-hydroxylation sites is 1. The van der Waals surface area contributed by atoms with E-state index in [0.29, 0.717) is 5.92 Å². The van der Waals surface area contributed by atoms with E-state index >= 15 is 0 Å². The van der Waals surface area contributed by atoms with Gasteiger partial charge in [-0.15, -0.1) is 12.4 Å². The fourth-order valence-corrected chi connectivity index (χ4v) is 6.67. The van der Waals surface area contributed by atoms with Crippen LogP contribution in [0.2, 0.25) is 0 Å². The number of rotatable bonds is 8. The van der Waals surface area contributed by atoms with E-state index < -0.39 is 0 Å². The minimum atomic E-state index is -0.349. The average molecular weight is 554 g/mol. The number of halogens is 1. The Morgan fingerprint density at radius 3 is 2.15 bits per heavy atom. The van der Waals surface area contributed by atoms with Gasteiger partial charge in [0.1, 0.15) is 23.6 Å². The van der Waals surface area contributed by atoms with Crippen molar-refractivity contribution in [3.63, 3.8) is 0 Å². The zero-order valence-electron chi connectivity index (χ0n) is 23.4. The highest BCUT2D eigenvalue weighted by Gasteiger charge is 2.46. The third-order valence-corrected chi connectivity index (χ3v) is 8.67. The van der Waals surface area contributed by atoms with Gasteiger partial charge in [0.2, 0.25) is 11.8 Å². The van der Waals surface area contributed by atoms with E-state index in [1.165, 1.54) is 37.7 Å². The molecule has 2 amide bonds. The van der Waals surface area contributed by atoms with Crippen LogP contribution >= 0.6 is 12.4 Å². The molecule has 1 saturated carbocycles. The predicted molar refractivity (Wildman–Crippen MR) is 157 cm³/mol. The summed E-state index contributed by atoms with van der Waals surface area (Å²) in [4.78, 5) is 31.4. The van der Waals surface area contributed by atoms with E-state index in [9.17, 15) is 9.59 Å². The monoisotopic (exact) mass is 553 g/mol. The molecule has 2 aliphatic heterocycles. The van der Waals surface area contributed by atoms with Gasteiger partial charge in [-0.1, -0.05) is 62.4 Å². The van der Waals surface area contributed by atoms with Crippen LogP contribution in [0, 0.1) is 11.8 Å². The minimum absolute atomic E-state index is 0. The molecule has 6 nitrogen and oxygen atoms in total. The van der Waals surface area contributed by atoms with Crippen molar-refractivity contribution in [2.24, 2.45) is 11.8 Å². The summed E-state index contributed by atoms with van der Waals surface area (Å²) in [7, 11) is 0. The summed E-state index contributed by atoms with van der Waals surface area (Å²) in [6.45, 7) is 6.86. The lowest BCUT2D eigenvalue weighted by atomic mass is 9.81. The van der Waals surface area contributed by atoms with E-state index in [2.05, 4.69) is 36.2 Å². The number of hydrogen-bond donors (Lipinski definition) is 1. The molecule has 39 heavy (non-hydrogen) atoms. The van der Waals surface area contributed by atoms with Gasteiger partial charge in [0.25, 0.3) is 0 Å². The van der Waals surface area contributed by atoms with E-state index in [0.717, 1.165) is 50.4 Å². The smallest absolute Gasteiger partial charge is 0.246 e. The van der Waals surface area contributed by atoms with Crippen molar-refractivity contribution in [1.29, 1.82) is 0 Å². The number of nitrogens with zero attached hydrogens (tertiary/aromatic N) is 2. The highest BCUT2D eigenvalue weighted by Crippen LogP contribution is 2.33. The first-order chi connectivity index (χ1) is 18.5. The Bertz CT molecular complexity index is 1060. The number of benzene rings is 2.